The minimum absolute atomic E-state index is 0.0201. The Hall–Kier alpha value is -2.38. The summed E-state index contributed by atoms with van der Waals surface area (Å²) in [7, 11) is 0. The van der Waals surface area contributed by atoms with Gasteiger partial charge in [-0.15, -0.1) is 0 Å². The average Bonchev–Trinajstić information content (AvgIpc) is 3.06. The van der Waals surface area contributed by atoms with E-state index < -0.39 is 12.0 Å². The number of unbranched alkanes of at least 4 members (excludes halogenated alkanes) is 2. The number of amides is 2. The van der Waals surface area contributed by atoms with E-state index in [1.165, 1.54) is 6.42 Å². The summed E-state index contributed by atoms with van der Waals surface area (Å²) in [4.78, 5) is 51.0. The lowest BCUT2D eigenvalue weighted by Crippen LogP contribution is -2.65. The fraction of sp³-hybridized carbons (Fsp3) is 0.867. The summed E-state index contributed by atoms with van der Waals surface area (Å²) in [5.74, 6) is 0.0639. The maximum absolute atomic E-state index is 14.5. The third-order valence-electron chi connectivity index (χ3n) is 16.4. The molecule has 0 saturated heterocycles. The van der Waals surface area contributed by atoms with Crippen molar-refractivity contribution in [3.05, 3.63) is 11.6 Å². The van der Waals surface area contributed by atoms with Gasteiger partial charge < -0.3 is 20.5 Å². The minimum Gasteiger partial charge on any atom is -0.480 e. The van der Waals surface area contributed by atoms with Crippen molar-refractivity contribution in [3.8, 4) is 0 Å². The number of carboxylic acid groups (broad SMARTS) is 1. The molecule has 8 nitrogen and oxygen atoms in total. The van der Waals surface area contributed by atoms with Crippen molar-refractivity contribution in [1.82, 2.24) is 10.6 Å². The number of allylic oxidation sites excluding steroid dienone is 2. The van der Waals surface area contributed by atoms with Gasteiger partial charge in [-0.2, -0.15) is 0 Å². The highest BCUT2D eigenvalue weighted by molar-refractivity contribution is 5.84. The summed E-state index contributed by atoms with van der Waals surface area (Å²) >= 11 is 0. The molecule has 9 atom stereocenters. The molecule has 0 aliphatic heterocycles. The molecule has 5 aliphatic rings. The number of ether oxygens (including phenoxy) is 1. The maximum Gasteiger partial charge on any atom is 0.326 e. The van der Waals surface area contributed by atoms with Gasteiger partial charge in [0.1, 0.15) is 12.1 Å². The Balaban J connectivity index is 1.29. The quantitative estimate of drug-likeness (QED) is 0.0984. The van der Waals surface area contributed by atoms with Gasteiger partial charge in [0.25, 0.3) is 0 Å². The second kappa shape index (κ2) is 15.3. The van der Waals surface area contributed by atoms with Crippen LogP contribution in [-0.4, -0.2) is 47.6 Å². The Kier molecular flexibility index (Phi) is 12.0. The van der Waals surface area contributed by atoms with Crippen LogP contribution in [0.3, 0.4) is 0 Å². The highest BCUT2D eigenvalue weighted by Crippen LogP contribution is 2.76. The van der Waals surface area contributed by atoms with E-state index in [0.717, 1.165) is 77.0 Å². The Morgan fingerprint density at radius 2 is 1.57 bits per heavy atom. The van der Waals surface area contributed by atoms with E-state index in [0.29, 0.717) is 37.6 Å². The molecule has 5 aliphatic carbocycles. The molecule has 4 saturated carbocycles. The number of esters is 1. The van der Waals surface area contributed by atoms with Crippen molar-refractivity contribution in [1.29, 1.82) is 0 Å². The molecule has 0 bridgehead atoms. The van der Waals surface area contributed by atoms with Gasteiger partial charge in [0, 0.05) is 24.8 Å². The molecule has 0 heterocycles. The number of hydrogen-bond acceptors (Lipinski definition) is 5. The summed E-state index contributed by atoms with van der Waals surface area (Å²) < 4.78 is 6.18. The second-order valence-electron chi connectivity index (χ2n) is 20.7. The lowest BCUT2D eigenvalue weighted by atomic mass is 9.33. The molecular formula is C45H74N2O6. The minimum atomic E-state index is -1.00. The molecule has 0 aromatic heterocycles. The van der Waals surface area contributed by atoms with Crippen molar-refractivity contribution < 1.29 is 29.0 Å². The van der Waals surface area contributed by atoms with Gasteiger partial charge in [-0.05, 0) is 129 Å². The normalized spacial score (nSPS) is 37.5. The predicted molar refractivity (Wildman–Crippen MR) is 210 cm³/mol. The largest absolute Gasteiger partial charge is 0.480 e. The maximum atomic E-state index is 14.5. The number of rotatable bonds is 13. The number of nitrogens with one attached hydrogen (secondary N) is 2. The Labute approximate surface area is 321 Å². The van der Waals surface area contributed by atoms with Crippen LogP contribution < -0.4 is 10.6 Å². The van der Waals surface area contributed by atoms with Crippen molar-refractivity contribution in [2.75, 3.05) is 6.54 Å². The zero-order chi connectivity index (χ0) is 39.2. The van der Waals surface area contributed by atoms with Crippen LogP contribution in [-0.2, 0) is 23.9 Å². The Morgan fingerprint density at radius 1 is 0.868 bits per heavy atom. The van der Waals surface area contributed by atoms with Gasteiger partial charge in [0.05, 0.1) is 5.41 Å². The lowest BCUT2D eigenvalue weighted by molar-refractivity contribution is -0.213. The van der Waals surface area contributed by atoms with Crippen molar-refractivity contribution in [2.24, 2.45) is 56.2 Å². The number of hydrogen-bond donors (Lipinski definition) is 3. The smallest absolute Gasteiger partial charge is 0.326 e. The van der Waals surface area contributed by atoms with Crippen LogP contribution >= 0.6 is 0 Å². The van der Waals surface area contributed by atoms with E-state index in [4.69, 9.17) is 4.74 Å². The summed E-state index contributed by atoms with van der Waals surface area (Å²) in [6.07, 6.45) is 16.9. The van der Waals surface area contributed by atoms with Gasteiger partial charge in [0.2, 0.25) is 11.8 Å². The lowest BCUT2D eigenvalue weighted by Gasteiger charge is -2.71. The second-order valence-corrected chi connectivity index (χ2v) is 20.7. The van der Waals surface area contributed by atoms with Gasteiger partial charge >= 0.3 is 11.9 Å². The number of carboxylic acids is 1. The molecule has 53 heavy (non-hydrogen) atoms. The number of aliphatic carboxylic acids is 1. The molecule has 0 spiro atoms. The predicted octanol–water partition coefficient (Wildman–Crippen LogP) is 9.40. The van der Waals surface area contributed by atoms with E-state index in [1.807, 2.05) is 6.92 Å². The van der Waals surface area contributed by atoms with Crippen molar-refractivity contribution in [2.45, 2.75) is 184 Å². The van der Waals surface area contributed by atoms with E-state index in [-0.39, 0.29) is 68.2 Å². The zero-order valence-corrected chi connectivity index (χ0v) is 35.1. The van der Waals surface area contributed by atoms with Crippen LogP contribution in [0, 0.1) is 56.2 Å². The number of fused-ring (bicyclic) bond motifs is 7. The van der Waals surface area contributed by atoms with Crippen LogP contribution in [0.15, 0.2) is 11.6 Å². The molecule has 0 radical (unpaired) electrons. The third kappa shape index (κ3) is 7.48. The standard InChI is InChI=1S/C45H74N2O6/c1-11-15-36(49)53-34-20-21-42(8)32(41(34,6)7)19-22-44(10)33(42)18-17-30-31-28-40(4,5)23-25-45(31,26-24-43(30,44)9)39(52)46-27-14-12-13-16-35(48)47-37(29(2)3)38(50)51/h17,29,31-34,37H,11-16,18-28H2,1-10H3,(H,46,52)(H,47,48)(H,50,51)/t31-,32-,33+,34-,37-,42-,43+,44+,45-/m0/s1. The summed E-state index contributed by atoms with van der Waals surface area (Å²) in [5.41, 5.74) is 1.65. The van der Waals surface area contributed by atoms with Crippen LogP contribution in [0.2, 0.25) is 0 Å². The van der Waals surface area contributed by atoms with Gasteiger partial charge in [-0.3, -0.25) is 14.4 Å². The molecule has 5 rings (SSSR count). The molecule has 3 N–H and O–H groups in total. The monoisotopic (exact) mass is 739 g/mol. The van der Waals surface area contributed by atoms with Crippen LogP contribution in [0.1, 0.15) is 172 Å². The number of carbonyl (C=O) groups is 4. The fourth-order valence-corrected chi connectivity index (χ4v) is 13.0. The van der Waals surface area contributed by atoms with Crippen molar-refractivity contribution >= 4 is 23.8 Å². The average molecular weight is 739 g/mol. The molecule has 0 aromatic rings. The van der Waals surface area contributed by atoms with Crippen LogP contribution in [0.25, 0.3) is 0 Å². The van der Waals surface area contributed by atoms with Gasteiger partial charge in [-0.1, -0.05) is 87.3 Å². The van der Waals surface area contributed by atoms with Crippen LogP contribution in [0.5, 0.6) is 0 Å². The molecule has 300 valence electrons. The topological polar surface area (TPSA) is 122 Å². The van der Waals surface area contributed by atoms with E-state index in [9.17, 15) is 24.3 Å². The first-order chi connectivity index (χ1) is 24.7. The van der Waals surface area contributed by atoms with E-state index in [2.05, 4.69) is 65.2 Å². The molecule has 8 heteroatoms. The highest BCUT2D eigenvalue weighted by Gasteiger charge is 2.69. The summed E-state index contributed by atoms with van der Waals surface area (Å²) in [6.45, 7) is 23.5. The molecule has 4 fully saturated rings. The first-order valence-corrected chi connectivity index (χ1v) is 21.4. The van der Waals surface area contributed by atoms with Gasteiger partial charge in [-0.25, -0.2) is 4.79 Å². The summed E-state index contributed by atoms with van der Waals surface area (Å²) in [5, 5.41) is 15.4. The SMILES string of the molecule is CCCC(=O)O[C@H]1CC[C@]2(C)[C@H]3CC=C4[C@@H]5CC(C)(C)CC[C@]5(C(=O)NCCCCCC(=O)N[C@H](C(=O)O)C(C)C)CC[C@@]4(C)[C@]3(C)CC[C@H]2C1(C)C. The van der Waals surface area contributed by atoms with Crippen LogP contribution in [0.4, 0.5) is 0 Å². The van der Waals surface area contributed by atoms with Crippen molar-refractivity contribution in [3.63, 3.8) is 0 Å². The fourth-order valence-electron chi connectivity index (χ4n) is 13.0. The summed E-state index contributed by atoms with van der Waals surface area (Å²) in [6, 6.07) is -0.867. The zero-order valence-electron chi connectivity index (χ0n) is 35.1. The van der Waals surface area contributed by atoms with Gasteiger partial charge in [0.15, 0.2) is 0 Å². The third-order valence-corrected chi connectivity index (χ3v) is 16.4. The molecule has 2 amide bonds. The molecule has 0 unspecified atom stereocenters. The van der Waals surface area contributed by atoms with E-state index in [1.54, 1.807) is 19.4 Å². The first-order valence-electron chi connectivity index (χ1n) is 21.4. The number of carbonyl (C=O) groups excluding carboxylic acids is 3. The van der Waals surface area contributed by atoms with E-state index >= 15 is 0 Å². The Morgan fingerprint density at radius 3 is 2.23 bits per heavy atom. The first kappa shape index (κ1) is 41.8. The Bertz CT molecular complexity index is 1430. The molecular weight excluding hydrogens is 665 g/mol. The highest BCUT2D eigenvalue weighted by atomic mass is 16.5. The molecule has 0 aromatic carbocycles.